The molecule has 0 unspecified atom stereocenters. The van der Waals surface area contributed by atoms with Crippen LogP contribution in [0, 0.1) is 5.92 Å². The summed E-state index contributed by atoms with van der Waals surface area (Å²) < 4.78 is 0. The summed E-state index contributed by atoms with van der Waals surface area (Å²) in [5, 5.41) is 4.14. The zero-order chi connectivity index (χ0) is 13.1. The van der Waals surface area contributed by atoms with E-state index in [1.807, 2.05) is 11.9 Å². The summed E-state index contributed by atoms with van der Waals surface area (Å²) in [5.74, 6) is 0.548. The largest absolute Gasteiger partial charge is 0.338 e. The molecule has 0 saturated carbocycles. The second kappa shape index (κ2) is 5.91. The van der Waals surface area contributed by atoms with Crippen molar-refractivity contribution in [3.63, 3.8) is 0 Å². The summed E-state index contributed by atoms with van der Waals surface area (Å²) in [5.41, 5.74) is 0.567. The van der Waals surface area contributed by atoms with Crippen LogP contribution in [0.1, 0.15) is 16.8 Å². The number of hydrogen-bond donors (Lipinski definition) is 1. The number of halogens is 2. The van der Waals surface area contributed by atoms with Gasteiger partial charge in [-0.05, 0) is 44.1 Å². The number of carbonyl (C=O) groups is 1. The average Bonchev–Trinajstić information content (AvgIpc) is 2.76. The Labute approximate surface area is 117 Å². The maximum Gasteiger partial charge on any atom is 0.253 e. The molecular weight excluding hydrogens is 271 g/mol. The lowest BCUT2D eigenvalue weighted by Gasteiger charge is -2.17. The first-order chi connectivity index (χ1) is 8.60. The first kappa shape index (κ1) is 13.7. The van der Waals surface area contributed by atoms with Crippen LogP contribution in [0.25, 0.3) is 0 Å². The van der Waals surface area contributed by atoms with E-state index in [1.165, 1.54) is 0 Å². The van der Waals surface area contributed by atoms with E-state index in [9.17, 15) is 4.79 Å². The molecule has 5 heteroatoms. The molecule has 2 rings (SSSR count). The minimum atomic E-state index is 0.0120. The van der Waals surface area contributed by atoms with Gasteiger partial charge in [-0.15, -0.1) is 0 Å². The molecule has 0 aliphatic carbocycles. The third kappa shape index (κ3) is 3.16. The van der Waals surface area contributed by atoms with Crippen molar-refractivity contribution in [1.82, 2.24) is 10.2 Å². The van der Waals surface area contributed by atoms with Gasteiger partial charge >= 0.3 is 0 Å². The normalized spacial score (nSPS) is 19.3. The van der Waals surface area contributed by atoms with Gasteiger partial charge < -0.3 is 10.2 Å². The quantitative estimate of drug-likeness (QED) is 0.927. The molecule has 1 aliphatic heterocycles. The lowest BCUT2D eigenvalue weighted by molar-refractivity contribution is 0.0787. The van der Waals surface area contributed by atoms with Gasteiger partial charge in [0.1, 0.15) is 0 Å². The highest BCUT2D eigenvalue weighted by Gasteiger charge is 2.26. The van der Waals surface area contributed by atoms with Crippen molar-refractivity contribution < 1.29 is 4.79 Å². The second-order valence-electron chi connectivity index (χ2n) is 4.62. The molecule has 1 amide bonds. The Morgan fingerprint density at radius 3 is 2.67 bits per heavy atom. The molecule has 0 aromatic heterocycles. The summed E-state index contributed by atoms with van der Waals surface area (Å²) in [6.45, 7) is 2.54. The van der Waals surface area contributed by atoms with E-state index in [0.717, 1.165) is 26.1 Å². The summed E-state index contributed by atoms with van der Waals surface area (Å²) in [6.07, 6.45) is 1.04. The van der Waals surface area contributed by atoms with Crippen LogP contribution in [-0.2, 0) is 0 Å². The van der Waals surface area contributed by atoms with Gasteiger partial charge in [0, 0.05) is 28.7 Å². The first-order valence-electron chi connectivity index (χ1n) is 6.00. The highest BCUT2D eigenvalue weighted by atomic mass is 35.5. The fourth-order valence-electron chi connectivity index (χ4n) is 2.33. The van der Waals surface area contributed by atoms with E-state index in [1.54, 1.807) is 18.2 Å². The molecule has 98 valence electrons. The molecule has 1 fully saturated rings. The number of benzene rings is 1. The van der Waals surface area contributed by atoms with Gasteiger partial charge in [0.05, 0.1) is 0 Å². The van der Waals surface area contributed by atoms with Crippen LogP contribution >= 0.6 is 23.2 Å². The van der Waals surface area contributed by atoms with Crippen molar-refractivity contribution in [3.05, 3.63) is 33.8 Å². The number of hydrogen-bond acceptors (Lipinski definition) is 2. The predicted octanol–water partition coefficient (Wildman–Crippen LogP) is 2.67. The van der Waals surface area contributed by atoms with Crippen molar-refractivity contribution in [1.29, 1.82) is 0 Å². The minimum absolute atomic E-state index is 0.0120. The number of nitrogens with one attached hydrogen (secondary N) is 1. The highest BCUT2D eigenvalue weighted by Crippen LogP contribution is 2.23. The smallest absolute Gasteiger partial charge is 0.253 e. The number of likely N-dealkylation sites (tertiary alicyclic amines) is 1. The SMILES string of the molecule is CNC[C@H]1CCN(C(=O)c2cc(Cl)cc(Cl)c2)C1. The third-order valence-corrected chi connectivity index (χ3v) is 3.61. The average molecular weight is 287 g/mol. The molecule has 0 spiro atoms. The van der Waals surface area contributed by atoms with E-state index in [0.29, 0.717) is 21.5 Å². The Morgan fingerprint density at radius 1 is 1.39 bits per heavy atom. The van der Waals surface area contributed by atoms with E-state index in [2.05, 4.69) is 5.32 Å². The van der Waals surface area contributed by atoms with Crippen molar-refractivity contribution >= 4 is 29.1 Å². The van der Waals surface area contributed by atoms with Gasteiger partial charge in [0.2, 0.25) is 0 Å². The molecule has 1 atom stereocenters. The summed E-state index contributed by atoms with van der Waals surface area (Å²) in [7, 11) is 1.93. The number of nitrogens with zero attached hydrogens (tertiary/aromatic N) is 1. The zero-order valence-electron chi connectivity index (χ0n) is 10.2. The Kier molecular flexibility index (Phi) is 4.49. The lowest BCUT2D eigenvalue weighted by atomic mass is 10.1. The van der Waals surface area contributed by atoms with Gasteiger partial charge in [-0.1, -0.05) is 23.2 Å². The van der Waals surface area contributed by atoms with Crippen LogP contribution in [0.2, 0.25) is 10.0 Å². The van der Waals surface area contributed by atoms with Crippen molar-refractivity contribution in [2.75, 3.05) is 26.7 Å². The van der Waals surface area contributed by atoms with Crippen LogP contribution in [0.5, 0.6) is 0 Å². The molecule has 0 radical (unpaired) electrons. The van der Waals surface area contributed by atoms with Gasteiger partial charge in [0.25, 0.3) is 5.91 Å². The molecule has 3 nitrogen and oxygen atoms in total. The molecular formula is C13H16Cl2N2O. The third-order valence-electron chi connectivity index (χ3n) is 3.18. The van der Waals surface area contributed by atoms with Crippen LogP contribution in [-0.4, -0.2) is 37.5 Å². The van der Waals surface area contributed by atoms with Crippen molar-refractivity contribution in [2.24, 2.45) is 5.92 Å². The summed E-state index contributed by atoms with van der Waals surface area (Å²) >= 11 is 11.8. The minimum Gasteiger partial charge on any atom is -0.338 e. The standard InChI is InChI=1S/C13H16Cl2N2O/c1-16-7-9-2-3-17(8-9)13(18)10-4-11(14)6-12(15)5-10/h4-6,9,16H,2-3,7-8H2,1H3/t9-/m1/s1. The van der Waals surface area contributed by atoms with Crippen LogP contribution < -0.4 is 5.32 Å². The fourth-order valence-corrected chi connectivity index (χ4v) is 2.86. The lowest BCUT2D eigenvalue weighted by Crippen LogP contribution is -2.30. The van der Waals surface area contributed by atoms with E-state index >= 15 is 0 Å². The first-order valence-corrected chi connectivity index (χ1v) is 6.75. The Hall–Kier alpha value is -0.770. The maximum atomic E-state index is 12.3. The molecule has 18 heavy (non-hydrogen) atoms. The topological polar surface area (TPSA) is 32.3 Å². The zero-order valence-corrected chi connectivity index (χ0v) is 11.8. The van der Waals surface area contributed by atoms with Crippen molar-refractivity contribution in [2.45, 2.75) is 6.42 Å². The van der Waals surface area contributed by atoms with Crippen LogP contribution in [0.4, 0.5) is 0 Å². The van der Waals surface area contributed by atoms with Gasteiger partial charge in [-0.3, -0.25) is 4.79 Å². The second-order valence-corrected chi connectivity index (χ2v) is 5.49. The monoisotopic (exact) mass is 286 g/mol. The highest BCUT2D eigenvalue weighted by molar-refractivity contribution is 6.35. The Balaban J connectivity index is 2.08. The van der Waals surface area contributed by atoms with Gasteiger partial charge in [-0.25, -0.2) is 0 Å². The molecule has 1 N–H and O–H groups in total. The maximum absolute atomic E-state index is 12.3. The molecule has 1 saturated heterocycles. The van der Waals surface area contributed by atoms with Gasteiger partial charge in [0.15, 0.2) is 0 Å². The molecule has 1 aliphatic rings. The van der Waals surface area contributed by atoms with E-state index < -0.39 is 0 Å². The van der Waals surface area contributed by atoms with Crippen LogP contribution in [0.3, 0.4) is 0 Å². The molecule has 0 bridgehead atoms. The number of rotatable bonds is 3. The Morgan fingerprint density at radius 2 is 2.06 bits per heavy atom. The molecule has 1 heterocycles. The van der Waals surface area contributed by atoms with Gasteiger partial charge in [-0.2, -0.15) is 0 Å². The number of carbonyl (C=O) groups excluding carboxylic acids is 1. The summed E-state index contributed by atoms with van der Waals surface area (Å²) in [4.78, 5) is 14.2. The van der Waals surface area contributed by atoms with Crippen LogP contribution in [0.15, 0.2) is 18.2 Å². The fraction of sp³-hybridized carbons (Fsp3) is 0.462. The number of amides is 1. The summed E-state index contributed by atoms with van der Waals surface area (Å²) in [6, 6.07) is 4.97. The molecule has 1 aromatic carbocycles. The Bertz CT molecular complexity index is 430. The van der Waals surface area contributed by atoms with Crippen molar-refractivity contribution in [3.8, 4) is 0 Å². The van der Waals surface area contributed by atoms with E-state index in [-0.39, 0.29) is 5.91 Å². The van der Waals surface area contributed by atoms with E-state index in [4.69, 9.17) is 23.2 Å². The molecule has 1 aromatic rings. The predicted molar refractivity (Wildman–Crippen MR) is 74.4 cm³/mol.